The molecule has 27 heavy (non-hydrogen) atoms. The van der Waals surface area contributed by atoms with E-state index in [4.69, 9.17) is 9.47 Å². The maximum Gasteiger partial charge on any atom is 0.292 e. The molecule has 0 saturated heterocycles. The molecule has 4 rings (SSSR count). The van der Waals surface area contributed by atoms with Crippen LogP contribution in [0.1, 0.15) is 22.3 Å². The summed E-state index contributed by atoms with van der Waals surface area (Å²) in [7, 11) is 1.56. The topological polar surface area (TPSA) is 59.9 Å². The predicted molar refractivity (Wildman–Crippen MR) is 102 cm³/mol. The van der Waals surface area contributed by atoms with Gasteiger partial charge in [-0.1, -0.05) is 34.1 Å². The highest BCUT2D eigenvalue weighted by Crippen LogP contribution is 2.53. The molecule has 1 aliphatic heterocycles. The maximum atomic E-state index is 14.7. The van der Waals surface area contributed by atoms with Crippen molar-refractivity contribution in [2.75, 3.05) is 13.7 Å². The Bertz CT molecular complexity index is 905. The average molecular weight is 433 g/mol. The van der Waals surface area contributed by atoms with Crippen LogP contribution in [0.5, 0.6) is 0 Å². The molecule has 140 valence electrons. The largest absolute Gasteiger partial charge is 0.461 e. The average Bonchev–Trinajstić information content (AvgIpc) is 3.45. The molecule has 1 aliphatic carbocycles. The number of carbonyl (C=O) groups is 1. The molecule has 1 unspecified atom stereocenters. The second kappa shape index (κ2) is 7.05. The number of rotatable bonds is 4. The molecule has 2 aromatic carbocycles. The van der Waals surface area contributed by atoms with Crippen molar-refractivity contribution in [1.82, 2.24) is 5.32 Å². The molecule has 5 nitrogen and oxygen atoms in total. The highest BCUT2D eigenvalue weighted by atomic mass is 79.9. The molecular weight excluding hydrogens is 415 g/mol. The third kappa shape index (κ3) is 3.37. The Morgan fingerprint density at radius 3 is 2.89 bits per heavy atom. The van der Waals surface area contributed by atoms with Gasteiger partial charge in [0.15, 0.2) is 0 Å². The third-order valence-corrected chi connectivity index (χ3v) is 5.42. The minimum Gasteiger partial charge on any atom is -0.461 e. The number of amides is 1. The normalized spacial score (nSPS) is 25.8. The smallest absolute Gasteiger partial charge is 0.292 e. The van der Waals surface area contributed by atoms with E-state index in [9.17, 15) is 9.18 Å². The molecule has 0 bridgehead atoms. The molecule has 1 N–H and O–H groups in total. The zero-order valence-corrected chi connectivity index (χ0v) is 16.2. The predicted octanol–water partition coefficient (Wildman–Crippen LogP) is 3.63. The number of nitrogens with one attached hydrogen (secondary N) is 1. The number of hydrogen-bond donors (Lipinski definition) is 1. The molecule has 0 spiro atoms. The van der Waals surface area contributed by atoms with E-state index < -0.39 is 5.54 Å². The number of benzene rings is 2. The van der Waals surface area contributed by atoms with E-state index in [1.807, 2.05) is 6.07 Å². The van der Waals surface area contributed by atoms with Gasteiger partial charge in [0.2, 0.25) is 0 Å². The van der Waals surface area contributed by atoms with Gasteiger partial charge in [0.25, 0.3) is 11.9 Å². The molecule has 1 amide bonds. The van der Waals surface area contributed by atoms with Crippen molar-refractivity contribution < 1.29 is 18.7 Å². The number of ether oxygens (including phenoxy) is 2. The van der Waals surface area contributed by atoms with E-state index in [-0.39, 0.29) is 36.4 Å². The molecule has 7 heteroatoms. The van der Waals surface area contributed by atoms with Crippen LogP contribution < -0.4 is 5.32 Å². The van der Waals surface area contributed by atoms with Crippen molar-refractivity contribution in [1.29, 1.82) is 0 Å². The summed E-state index contributed by atoms with van der Waals surface area (Å²) in [6, 6.07) is 13.7. The molecular formula is C20H18BrFN2O3. The fourth-order valence-corrected chi connectivity index (χ4v) is 3.94. The van der Waals surface area contributed by atoms with E-state index in [1.165, 1.54) is 6.07 Å². The van der Waals surface area contributed by atoms with E-state index in [0.717, 1.165) is 10.9 Å². The fourth-order valence-electron chi connectivity index (χ4n) is 3.58. The van der Waals surface area contributed by atoms with Crippen LogP contribution in [-0.2, 0) is 15.0 Å². The Morgan fingerprint density at radius 1 is 1.37 bits per heavy atom. The molecule has 1 saturated carbocycles. The minimum absolute atomic E-state index is 0.00127. The summed E-state index contributed by atoms with van der Waals surface area (Å²) in [4.78, 5) is 17.1. The number of nitrogens with zero attached hydrogens (tertiary/aromatic N) is 1. The van der Waals surface area contributed by atoms with Gasteiger partial charge in [-0.3, -0.25) is 10.1 Å². The summed E-state index contributed by atoms with van der Waals surface area (Å²) in [5.41, 5.74) is -0.0149. The number of amidine groups is 1. The van der Waals surface area contributed by atoms with E-state index in [2.05, 4.69) is 26.2 Å². The summed E-state index contributed by atoms with van der Waals surface area (Å²) in [6.45, 7) is 0.190. The van der Waals surface area contributed by atoms with E-state index in [0.29, 0.717) is 11.1 Å². The quantitative estimate of drug-likeness (QED) is 0.801. The number of hydrogen-bond acceptors (Lipinski definition) is 4. The maximum absolute atomic E-state index is 14.7. The second-order valence-corrected chi connectivity index (χ2v) is 7.63. The molecule has 2 aromatic rings. The van der Waals surface area contributed by atoms with Crippen molar-refractivity contribution in [2.24, 2.45) is 10.9 Å². The van der Waals surface area contributed by atoms with Crippen LogP contribution >= 0.6 is 15.9 Å². The Labute approximate surface area is 164 Å². The molecule has 0 aromatic heterocycles. The number of halogens is 2. The van der Waals surface area contributed by atoms with Crippen molar-refractivity contribution in [2.45, 2.75) is 18.1 Å². The molecule has 3 atom stereocenters. The molecule has 0 radical (unpaired) electrons. The lowest BCUT2D eigenvalue weighted by molar-refractivity contribution is 0.0837. The summed E-state index contributed by atoms with van der Waals surface area (Å²) >= 11 is 3.40. The van der Waals surface area contributed by atoms with Gasteiger partial charge >= 0.3 is 0 Å². The Morgan fingerprint density at radius 2 is 2.15 bits per heavy atom. The summed E-state index contributed by atoms with van der Waals surface area (Å²) < 4.78 is 26.6. The molecule has 1 heterocycles. The van der Waals surface area contributed by atoms with Gasteiger partial charge in [0.1, 0.15) is 17.5 Å². The van der Waals surface area contributed by atoms with Crippen molar-refractivity contribution in [3.63, 3.8) is 0 Å². The van der Waals surface area contributed by atoms with Crippen LogP contribution in [0.3, 0.4) is 0 Å². The zero-order valence-electron chi connectivity index (χ0n) is 14.6. The van der Waals surface area contributed by atoms with Crippen molar-refractivity contribution >= 4 is 27.9 Å². The number of aliphatic imine (C=N–C) groups is 1. The van der Waals surface area contributed by atoms with Crippen molar-refractivity contribution in [3.05, 3.63) is 69.9 Å². The lowest BCUT2D eigenvalue weighted by Gasteiger charge is -2.34. The fraction of sp³-hybridized carbons (Fsp3) is 0.300. The first-order valence-electron chi connectivity index (χ1n) is 8.61. The van der Waals surface area contributed by atoms with Crippen LogP contribution in [-0.4, -0.2) is 31.7 Å². The Kier molecular flexibility index (Phi) is 4.74. The summed E-state index contributed by atoms with van der Waals surface area (Å²) in [6.07, 6.45) is 0.603. The summed E-state index contributed by atoms with van der Waals surface area (Å²) in [5, 5.41) is 2.71. The molecule has 1 fully saturated rings. The second-order valence-electron chi connectivity index (χ2n) is 6.72. The van der Waals surface area contributed by atoms with Gasteiger partial charge in [-0.2, -0.15) is 0 Å². The standard InChI is InChI=1S/C20H18BrFN2O3/c1-26-11-20(14-9-13(21)7-8-16(14)22)15-10-17(15)27-19(24-20)23-18(25)12-5-3-2-4-6-12/h2-9,15,17H,10-11H2,1H3,(H,23,24,25)/t15-,17?,20+/m0/s1. The Balaban J connectivity index is 1.72. The van der Waals surface area contributed by atoms with E-state index >= 15 is 0 Å². The monoisotopic (exact) mass is 432 g/mol. The first-order valence-corrected chi connectivity index (χ1v) is 9.40. The van der Waals surface area contributed by atoms with Crippen LogP contribution in [0.25, 0.3) is 0 Å². The van der Waals surface area contributed by atoms with E-state index in [1.54, 1.807) is 43.5 Å². The lowest BCUT2D eigenvalue weighted by Crippen LogP contribution is -2.44. The number of carbonyl (C=O) groups excluding carboxylic acids is 1. The van der Waals surface area contributed by atoms with Gasteiger partial charge < -0.3 is 9.47 Å². The van der Waals surface area contributed by atoms with Crippen LogP contribution in [0, 0.1) is 11.7 Å². The van der Waals surface area contributed by atoms with Crippen molar-refractivity contribution in [3.8, 4) is 0 Å². The lowest BCUT2D eigenvalue weighted by atomic mass is 9.85. The SMILES string of the molecule is COC[C@]1(c2cc(Br)ccc2F)N=C(NC(=O)c2ccccc2)OC2C[C@@H]21. The van der Waals surface area contributed by atoms with Gasteiger partial charge in [-0.25, -0.2) is 9.38 Å². The van der Waals surface area contributed by atoms with Gasteiger partial charge in [-0.05, 0) is 36.8 Å². The first-order chi connectivity index (χ1) is 13.0. The third-order valence-electron chi connectivity index (χ3n) is 4.93. The highest BCUT2D eigenvalue weighted by molar-refractivity contribution is 9.10. The number of methoxy groups -OCH3 is 1. The van der Waals surface area contributed by atoms with Crippen LogP contribution in [0.15, 0.2) is 58.0 Å². The highest BCUT2D eigenvalue weighted by Gasteiger charge is 2.60. The Hall–Kier alpha value is -2.25. The van der Waals surface area contributed by atoms with Crippen LogP contribution in [0.4, 0.5) is 4.39 Å². The first kappa shape index (κ1) is 18.1. The van der Waals surface area contributed by atoms with Gasteiger partial charge in [-0.15, -0.1) is 0 Å². The number of fused-ring (bicyclic) bond motifs is 1. The van der Waals surface area contributed by atoms with Crippen LogP contribution in [0.2, 0.25) is 0 Å². The minimum atomic E-state index is -0.940. The molecule has 2 aliphatic rings. The summed E-state index contributed by atoms with van der Waals surface area (Å²) in [5.74, 6) is -0.687. The van der Waals surface area contributed by atoms with Gasteiger partial charge in [0.05, 0.1) is 6.61 Å². The van der Waals surface area contributed by atoms with Gasteiger partial charge in [0, 0.05) is 28.6 Å². The zero-order chi connectivity index (χ0) is 19.0.